The maximum Gasteiger partial charge on any atom is 0.350 e. The van der Waals surface area contributed by atoms with Gasteiger partial charge in [0.1, 0.15) is 0 Å². The van der Waals surface area contributed by atoms with Crippen molar-refractivity contribution in [2.75, 3.05) is 18.8 Å². The molecule has 1 saturated heterocycles. The molecule has 1 aliphatic heterocycles. The van der Waals surface area contributed by atoms with E-state index in [4.69, 9.17) is 4.74 Å². The summed E-state index contributed by atoms with van der Waals surface area (Å²) in [6.07, 6.45) is 0.0374. The molecule has 0 saturated carbocycles. The van der Waals surface area contributed by atoms with Gasteiger partial charge in [0.15, 0.2) is 10.8 Å². The van der Waals surface area contributed by atoms with Crippen molar-refractivity contribution < 1.29 is 9.53 Å². The van der Waals surface area contributed by atoms with Crippen molar-refractivity contribution in [3.05, 3.63) is 46.5 Å². The van der Waals surface area contributed by atoms with E-state index in [1.807, 2.05) is 51.1 Å². The molecule has 8 nitrogen and oxygen atoms in total. The van der Waals surface area contributed by atoms with Gasteiger partial charge in [0.05, 0.1) is 23.7 Å². The molecule has 3 aromatic rings. The Labute approximate surface area is 172 Å². The van der Waals surface area contributed by atoms with Gasteiger partial charge >= 0.3 is 5.69 Å². The van der Waals surface area contributed by atoms with Crippen LogP contribution in [0, 0.1) is 6.92 Å². The van der Waals surface area contributed by atoms with Gasteiger partial charge in [-0.25, -0.2) is 9.78 Å². The van der Waals surface area contributed by atoms with Crippen LogP contribution in [-0.4, -0.2) is 61.4 Å². The molecule has 0 radical (unpaired) electrons. The van der Waals surface area contributed by atoms with Gasteiger partial charge in [0.2, 0.25) is 5.91 Å². The number of ether oxygens (including phenoxy) is 1. The van der Waals surface area contributed by atoms with E-state index < -0.39 is 0 Å². The van der Waals surface area contributed by atoms with Gasteiger partial charge in [-0.15, -0.1) is 0 Å². The molecule has 1 N–H and O–H groups in total. The normalized spacial score (nSPS) is 19.6. The van der Waals surface area contributed by atoms with Crippen molar-refractivity contribution in [3.8, 4) is 11.1 Å². The molecule has 2 atom stereocenters. The van der Waals surface area contributed by atoms with Crippen LogP contribution in [0.1, 0.15) is 19.5 Å². The summed E-state index contributed by atoms with van der Waals surface area (Å²) < 4.78 is 6.95. The summed E-state index contributed by atoms with van der Waals surface area (Å²) in [5.41, 5.74) is 2.61. The number of aromatic amines is 1. The second kappa shape index (κ2) is 8.00. The summed E-state index contributed by atoms with van der Waals surface area (Å²) in [5, 5.41) is 4.73. The standard InChI is InChI=1S/C20H23N5O3S/c1-12-9-24(10-13(2)28-12)16(26)11-29-19-21-18-17(15-7-5-4-6-8-15)14(3)23-25(18)20(27)22-19/h4-8,12-13H,9-11H2,1-3H3,(H,21,22,27)/t12-,13-/m0/s1. The third kappa shape index (κ3) is 4.06. The lowest BCUT2D eigenvalue weighted by Gasteiger charge is -2.35. The fourth-order valence-corrected chi connectivity index (χ4v) is 4.40. The maximum atomic E-state index is 12.6. The Morgan fingerprint density at radius 2 is 1.93 bits per heavy atom. The molecule has 0 unspecified atom stereocenters. The minimum Gasteiger partial charge on any atom is -0.372 e. The van der Waals surface area contributed by atoms with E-state index >= 15 is 0 Å². The minimum atomic E-state index is -0.371. The van der Waals surface area contributed by atoms with Crippen LogP contribution in [0.4, 0.5) is 0 Å². The number of carbonyl (C=O) groups excluding carboxylic acids is 1. The van der Waals surface area contributed by atoms with E-state index in [1.165, 1.54) is 16.3 Å². The highest BCUT2D eigenvalue weighted by atomic mass is 32.2. The van der Waals surface area contributed by atoms with Crippen LogP contribution in [0.2, 0.25) is 0 Å². The summed E-state index contributed by atoms with van der Waals surface area (Å²) in [6, 6.07) is 9.73. The highest BCUT2D eigenvalue weighted by Crippen LogP contribution is 2.27. The van der Waals surface area contributed by atoms with Gasteiger partial charge in [-0.1, -0.05) is 42.1 Å². The van der Waals surface area contributed by atoms with Gasteiger partial charge in [0, 0.05) is 18.7 Å². The van der Waals surface area contributed by atoms with E-state index in [9.17, 15) is 9.59 Å². The van der Waals surface area contributed by atoms with Gasteiger partial charge < -0.3 is 9.64 Å². The lowest BCUT2D eigenvalue weighted by Crippen LogP contribution is -2.48. The number of hydrogen-bond acceptors (Lipinski definition) is 6. The van der Waals surface area contributed by atoms with Gasteiger partial charge in [0.25, 0.3) is 0 Å². The fourth-order valence-electron chi connectivity index (χ4n) is 3.64. The summed E-state index contributed by atoms with van der Waals surface area (Å²) in [4.78, 5) is 34.2. The molecule has 2 aromatic heterocycles. The molecule has 3 heterocycles. The van der Waals surface area contributed by atoms with Gasteiger partial charge in [-0.3, -0.25) is 9.78 Å². The largest absolute Gasteiger partial charge is 0.372 e. The smallest absolute Gasteiger partial charge is 0.350 e. The summed E-state index contributed by atoms with van der Waals surface area (Å²) >= 11 is 1.23. The summed E-state index contributed by atoms with van der Waals surface area (Å²) in [6.45, 7) is 6.93. The second-order valence-corrected chi connectivity index (χ2v) is 8.22. The van der Waals surface area contributed by atoms with Crippen LogP contribution in [0.25, 0.3) is 16.8 Å². The highest BCUT2D eigenvalue weighted by Gasteiger charge is 2.26. The number of benzene rings is 1. The molecule has 1 aliphatic rings. The molecule has 0 bridgehead atoms. The number of rotatable bonds is 4. The zero-order valence-electron chi connectivity index (χ0n) is 16.6. The summed E-state index contributed by atoms with van der Waals surface area (Å²) in [7, 11) is 0. The van der Waals surface area contributed by atoms with Crippen molar-refractivity contribution in [1.82, 2.24) is 24.5 Å². The predicted octanol–water partition coefficient (Wildman–Crippen LogP) is 2.12. The van der Waals surface area contributed by atoms with Crippen LogP contribution in [0.5, 0.6) is 0 Å². The summed E-state index contributed by atoms with van der Waals surface area (Å²) in [5.74, 6) is 0.208. The monoisotopic (exact) mass is 413 g/mol. The Morgan fingerprint density at radius 1 is 1.24 bits per heavy atom. The third-order valence-corrected chi connectivity index (χ3v) is 5.67. The molecule has 4 rings (SSSR count). The first-order valence-corrected chi connectivity index (χ1v) is 10.5. The van der Waals surface area contributed by atoms with E-state index in [0.29, 0.717) is 23.9 Å². The van der Waals surface area contributed by atoms with E-state index in [1.54, 1.807) is 4.90 Å². The topological polar surface area (TPSA) is 92.6 Å². The molecule has 1 fully saturated rings. The molecule has 152 valence electrons. The Bertz CT molecular complexity index is 1080. The lowest BCUT2D eigenvalue weighted by molar-refractivity contribution is -0.140. The van der Waals surface area contributed by atoms with Crippen molar-refractivity contribution in [2.24, 2.45) is 0 Å². The Hall–Kier alpha value is -2.65. The molecule has 0 spiro atoms. The first-order chi connectivity index (χ1) is 13.9. The Kier molecular flexibility index (Phi) is 5.42. The molecule has 1 amide bonds. The Morgan fingerprint density at radius 3 is 2.62 bits per heavy atom. The van der Waals surface area contributed by atoms with Crippen LogP contribution < -0.4 is 5.69 Å². The number of H-pyrrole nitrogens is 1. The zero-order valence-corrected chi connectivity index (χ0v) is 17.4. The van der Waals surface area contributed by atoms with E-state index in [-0.39, 0.29) is 29.6 Å². The van der Waals surface area contributed by atoms with Gasteiger partial charge in [-0.2, -0.15) is 9.61 Å². The van der Waals surface area contributed by atoms with Crippen LogP contribution >= 0.6 is 11.8 Å². The van der Waals surface area contributed by atoms with Crippen LogP contribution in [-0.2, 0) is 9.53 Å². The lowest BCUT2D eigenvalue weighted by atomic mass is 10.1. The first-order valence-electron chi connectivity index (χ1n) is 9.53. The average Bonchev–Trinajstić information content (AvgIpc) is 3.02. The number of nitrogens with one attached hydrogen (secondary N) is 1. The number of morpholine rings is 1. The number of hydrogen-bond donors (Lipinski definition) is 1. The molecular weight excluding hydrogens is 390 g/mol. The van der Waals surface area contributed by atoms with Crippen LogP contribution in [0.15, 0.2) is 40.3 Å². The number of thioether (sulfide) groups is 1. The van der Waals surface area contributed by atoms with Crippen molar-refractivity contribution in [3.63, 3.8) is 0 Å². The molecular formula is C20H23N5O3S. The molecule has 1 aromatic carbocycles. The maximum absolute atomic E-state index is 12.6. The first kappa shape index (κ1) is 19.7. The molecule has 0 aliphatic carbocycles. The SMILES string of the molecule is Cc1nn2c(=O)[nH]c(SCC(=O)N3C[C@H](C)O[C@@H](C)C3)nc2c1-c1ccccc1. The highest BCUT2D eigenvalue weighted by molar-refractivity contribution is 7.99. The van der Waals surface area contributed by atoms with Gasteiger partial charge in [-0.05, 0) is 26.3 Å². The fraction of sp³-hybridized carbons (Fsp3) is 0.400. The number of nitrogens with zero attached hydrogens (tertiary/aromatic N) is 4. The zero-order chi connectivity index (χ0) is 20.5. The molecule has 9 heteroatoms. The number of aromatic nitrogens is 4. The molecule has 29 heavy (non-hydrogen) atoms. The number of fused-ring (bicyclic) bond motifs is 1. The van der Waals surface area contributed by atoms with E-state index in [2.05, 4.69) is 15.1 Å². The predicted molar refractivity (Wildman–Crippen MR) is 111 cm³/mol. The average molecular weight is 414 g/mol. The van der Waals surface area contributed by atoms with Crippen molar-refractivity contribution in [2.45, 2.75) is 38.1 Å². The van der Waals surface area contributed by atoms with E-state index in [0.717, 1.165) is 16.8 Å². The van der Waals surface area contributed by atoms with Crippen molar-refractivity contribution in [1.29, 1.82) is 0 Å². The number of aryl methyl sites for hydroxylation is 1. The minimum absolute atomic E-state index is 0.00694. The second-order valence-electron chi connectivity index (χ2n) is 7.25. The van der Waals surface area contributed by atoms with Crippen LogP contribution in [0.3, 0.4) is 0 Å². The third-order valence-electron chi connectivity index (χ3n) is 4.82. The van der Waals surface area contributed by atoms with Crippen molar-refractivity contribution >= 4 is 23.3 Å². The number of amides is 1. The number of carbonyl (C=O) groups is 1. The quantitative estimate of drug-likeness (QED) is 0.659. The Balaban J connectivity index is 1.59.